The Balaban J connectivity index is 2.82. The molecule has 0 unspecified atom stereocenters. The van der Waals surface area contributed by atoms with Crippen LogP contribution in [0.25, 0.3) is 0 Å². The van der Waals surface area contributed by atoms with E-state index in [4.69, 9.17) is 34.8 Å². The van der Waals surface area contributed by atoms with Crippen molar-refractivity contribution >= 4 is 46.4 Å². The first-order chi connectivity index (χ1) is 8.84. The predicted octanol–water partition coefficient (Wildman–Crippen LogP) is 3.85. The number of hydrogen-bond donors (Lipinski definition) is 2. The molecule has 0 saturated carbocycles. The van der Waals surface area contributed by atoms with Crippen molar-refractivity contribution in [3.05, 3.63) is 30.1 Å². The third-order valence-electron chi connectivity index (χ3n) is 2.28. The Hall–Kier alpha value is -0.710. The lowest BCUT2D eigenvalue weighted by molar-refractivity contribution is -0.121. The molecule has 106 valence electrons. The van der Waals surface area contributed by atoms with Gasteiger partial charge in [-0.05, 0) is 18.6 Å². The van der Waals surface area contributed by atoms with Crippen molar-refractivity contribution in [1.82, 2.24) is 5.32 Å². The van der Waals surface area contributed by atoms with Crippen molar-refractivity contribution in [1.29, 1.82) is 0 Å². The second kappa shape index (κ2) is 7.17. The highest BCUT2D eigenvalue weighted by molar-refractivity contribution is 6.68. The summed E-state index contributed by atoms with van der Waals surface area (Å²) in [5.74, 6) is -0.769. The van der Waals surface area contributed by atoms with E-state index in [0.29, 0.717) is 12.8 Å². The second-order valence-electron chi connectivity index (χ2n) is 3.92. The summed E-state index contributed by atoms with van der Waals surface area (Å²) in [4.78, 5) is 11.6. The van der Waals surface area contributed by atoms with Crippen LogP contribution in [0.2, 0.25) is 0 Å². The maximum absolute atomic E-state index is 13.5. The van der Waals surface area contributed by atoms with Gasteiger partial charge < -0.3 is 10.6 Å². The second-order valence-corrected chi connectivity index (χ2v) is 6.29. The Kier molecular flexibility index (Phi) is 6.17. The summed E-state index contributed by atoms with van der Waals surface area (Å²) in [5, 5.41) is 5.19. The van der Waals surface area contributed by atoms with Crippen LogP contribution in [0.15, 0.2) is 24.3 Å². The molecule has 7 heteroatoms. The molecule has 0 aliphatic heterocycles. The minimum atomic E-state index is -1.80. The van der Waals surface area contributed by atoms with Gasteiger partial charge in [-0.3, -0.25) is 4.79 Å². The molecule has 0 aliphatic rings. The molecular formula is C12H14Cl3FN2O. The molecule has 1 aromatic carbocycles. The topological polar surface area (TPSA) is 41.1 Å². The zero-order valence-electron chi connectivity index (χ0n) is 10.2. The monoisotopic (exact) mass is 326 g/mol. The smallest absolute Gasteiger partial charge is 0.228 e. The van der Waals surface area contributed by atoms with Crippen LogP contribution >= 0.6 is 34.8 Å². The van der Waals surface area contributed by atoms with Crippen LogP contribution in [-0.2, 0) is 4.79 Å². The summed E-state index contributed by atoms with van der Waals surface area (Å²) < 4.78 is 11.7. The number of carbonyl (C=O) groups is 1. The van der Waals surface area contributed by atoms with Crippen LogP contribution < -0.4 is 10.6 Å². The molecule has 1 aromatic rings. The molecule has 1 amide bonds. The van der Waals surface area contributed by atoms with Crippen molar-refractivity contribution in [3.63, 3.8) is 0 Å². The zero-order valence-corrected chi connectivity index (χ0v) is 12.5. The molecule has 19 heavy (non-hydrogen) atoms. The van der Waals surface area contributed by atoms with E-state index < -0.39 is 15.8 Å². The number of halogens is 4. The number of amides is 1. The maximum atomic E-state index is 13.5. The number of nitrogens with one attached hydrogen (secondary N) is 2. The van der Waals surface area contributed by atoms with E-state index in [0.717, 1.165) is 0 Å². The predicted molar refractivity (Wildman–Crippen MR) is 77.2 cm³/mol. The van der Waals surface area contributed by atoms with Gasteiger partial charge in [-0.15, -0.1) is 0 Å². The minimum absolute atomic E-state index is 0.149. The minimum Gasteiger partial charge on any atom is -0.359 e. The van der Waals surface area contributed by atoms with Crippen molar-refractivity contribution in [2.45, 2.75) is 29.7 Å². The number of hydrogen-bond acceptors (Lipinski definition) is 2. The largest absolute Gasteiger partial charge is 0.359 e. The van der Waals surface area contributed by atoms with Crippen LogP contribution in [-0.4, -0.2) is 15.9 Å². The van der Waals surface area contributed by atoms with E-state index in [9.17, 15) is 9.18 Å². The van der Waals surface area contributed by atoms with E-state index in [1.165, 1.54) is 12.1 Å². The summed E-state index contributed by atoms with van der Waals surface area (Å²) in [6.45, 7) is 1.86. The van der Waals surface area contributed by atoms with Gasteiger partial charge in [-0.25, -0.2) is 4.39 Å². The van der Waals surface area contributed by atoms with Gasteiger partial charge in [-0.2, -0.15) is 0 Å². The maximum Gasteiger partial charge on any atom is 0.228 e. The van der Waals surface area contributed by atoms with Crippen molar-refractivity contribution in [3.8, 4) is 0 Å². The molecule has 3 nitrogen and oxygen atoms in total. The van der Waals surface area contributed by atoms with Gasteiger partial charge in [0.2, 0.25) is 9.70 Å². The third-order valence-corrected chi connectivity index (χ3v) is 2.94. The van der Waals surface area contributed by atoms with Gasteiger partial charge in [-0.1, -0.05) is 53.9 Å². The van der Waals surface area contributed by atoms with Crippen LogP contribution in [0, 0.1) is 5.82 Å². The van der Waals surface area contributed by atoms with E-state index in [-0.39, 0.29) is 11.6 Å². The Morgan fingerprint density at radius 3 is 2.53 bits per heavy atom. The summed E-state index contributed by atoms with van der Waals surface area (Å²) in [7, 11) is 0. The number of rotatable bonds is 5. The zero-order chi connectivity index (χ0) is 14.5. The molecule has 0 aromatic heterocycles. The highest BCUT2D eigenvalue weighted by atomic mass is 35.6. The molecule has 1 rings (SSSR count). The van der Waals surface area contributed by atoms with Crippen LogP contribution in [0.4, 0.5) is 10.1 Å². The summed E-state index contributed by atoms with van der Waals surface area (Å²) in [6.07, 6.45) is -0.0534. The fourth-order valence-electron chi connectivity index (χ4n) is 1.39. The van der Waals surface area contributed by atoms with Crippen LogP contribution in [0.5, 0.6) is 0 Å². The quantitative estimate of drug-likeness (QED) is 0.637. The lowest BCUT2D eigenvalue weighted by atomic mass is 10.3. The Labute approximate surface area is 126 Å². The molecule has 0 spiro atoms. The highest BCUT2D eigenvalue weighted by Crippen LogP contribution is 2.31. The van der Waals surface area contributed by atoms with Crippen LogP contribution in [0.3, 0.4) is 0 Å². The molecule has 0 radical (unpaired) electrons. The number of benzene rings is 1. The van der Waals surface area contributed by atoms with E-state index in [1.54, 1.807) is 12.1 Å². The average molecular weight is 328 g/mol. The fraction of sp³-hybridized carbons (Fsp3) is 0.417. The molecule has 2 N–H and O–H groups in total. The van der Waals surface area contributed by atoms with Crippen molar-refractivity contribution in [2.75, 3.05) is 5.32 Å². The van der Waals surface area contributed by atoms with Crippen molar-refractivity contribution in [2.24, 2.45) is 0 Å². The normalized spacial score (nSPS) is 12.9. The summed E-state index contributed by atoms with van der Waals surface area (Å²) in [5.41, 5.74) is 0.149. The lowest BCUT2D eigenvalue weighted by Gasteiger charge is -2.27. The van der Waals surface area contributed by atoms with E-state index in [2.05, 4.69) is 10.6 Å². The van der Waals surface area contributed by atoms with E-state index >= 15 is 0 Å². The van der Waals surface area contributed by atoms with Gasteiger partial charge in [0.1, 0.15) is 12.0 Å². The SMILES string of the molecule is CCCC(=O)N[C@H](Nc1ccccc1F)C(Cl)(Cl)Cl. The van der Waals surface area contributed by atoms with Gasteiger partial charge in [0.25, 0.3) is 0 Å². The number of alkyl halides is 3. The first-order valence-corrected chi connectivity index (χ1v) is 6.85. The molecule has 0 saturated heterocycles. The van der Waals surface area contributed by atoms with Crippen molar-refractivity contribution < 1.29 is 9.18 Å². The summed E-state index contributed by atoms with van der Waals surface area (Å²) >= 11 is 17.3. The first kappa shape index (κ1) is 16.3. The Morgan fingerprint density at radius 1 is 1.37 bits per heavy atom. The van der Waals surface area contributed by atoms with Gasteiger partial charge in [0.15, 0.2) is 0 Å². The first-order valence-electron chi connectivity index (χ1n) is 5.71. The van der Waals surface area contributed by atoms with Gasteiger partial charge >= 0.3 is 0 Å². The molecule has 0 heterocycles. The standard InChI is InChI=1S/C12H14Cl3FN2O/c1-2-5-10(19)18-11(12(13,14)15)17-9-7-4-3-6-8(9)16/h3-4,6-7,11,17H,2,5H2,1H3,(H,18,19)/t11-/m0/s1. The molecule has 1 atom stereocenters. The van der Waals surface area contributed by atoms with Gasteiger partial charge in [0.05, 0.1) is 5.69 Å². The summed E-state index contributed by atoms with van der Waals surface area (Å²) in [6, 6.07) is 5.94. The van der Waals surface area contributed by atoms with E-state index in [1.807, 2.05) is 6.92 Å². The number of para-hydroxylation sites is 1. The number of anilines is 1. The van der Waals surface area contributed by atoms with Crippen LogP contribution in [0.1, 0.15) is 19.8 Å². The third kappa shape index (κ3) is 5.43. The molecule has 0 bridgehead atoms. The molecule has 0 fully saturated rings. The fourth-order valence-corrected chi connectivity index (χ4v) is 1.72. The molecule has 0 aliphatic carbocycles. The average Bonchev–Trinajstić information content (AvgIpc) is 2.30. The Morgan fingerprint density at radius 2 is 2.00 bits per heavy atom. The lowest BCUT2D eigenvalue weighted by Crippen LogP contribution is -2.49. The van der Waals surface area contributed by atoms with Gasteiger partial charge in [0, 0.05) is 6.42 Å². The number of carbonyl (C=O) groups excluding carboxylic acids is 1. The highest BCUT2D eigenvalue weighted by Gasteiger charge is 2.34. The Bertz CT molecular complexity index is 437. The molecular weight excluding hydrogens is 314 g/mol.